The number of thiophene rings is 1. The third kappa shape index (κ3) is 4.78. The second kappa shape index (κ2) is 8.27. The zero-order chi connectivity index (χ0) is 18.4. The van der Waals surface area contributed by atoms with Crippen LogP contribution in [0.4, 0.5) is 5.69 Å². The highest BCUT2D eigenvalue weighted by molar-refractivity contribution is 7.91. The summed E-state index contributed by atoms with van der Waals surface area (Å²) in [6.07, 6.45) is 0.254. The molecule has 0 saturated carbocycles. The number of anilines is 1. The van der Waals surface area contributed by atoms with E-state index in [0.717, 1.165) is 16.9 Å². The number of hydrogen-bond donors (Lipinski definition) is 2. The Labute approximate surface area is 156 Å². The first-order chi connectivity index (χ1) is 12.5. The molecule has 26 heavy (non-hydrogen) atoms. The summed E-state index contributed by atoms with van der Waals surface area (Å²) in [5, 5.41) is 4.45. The summed E-state index contributed by atoms with van der Waals surface area (Å²) in [6, 6.07) is 20.5. The number of rotatable bonds is 7. The number of benzene rings is 2. The second-order valence-corrected chi connectivity index (χ2v) is 8.54. The Balaban J connectivity index is 1.82. The molecule has 0 spiro atoms. The second-order valence-electron chi connectivity index (χ2n) is 5.65. The summed E-state index contributed by atoms with van der Waals surface area (Å²) in [7, 11) is -3.77. The lowest BCUT2D eigenvalue weighted by Crippen LogP contribution is -2.45. The van der Waals surface area contributed by atoms with Crippen LogP contribution in [0.5, 0.6) is 0 Å². The van der Waals surface area contributed by atoms with Crippen molar-refractivity contribution < 1.29 is 13.2 Å². The van der Waals surface area contributed by atoms with Gasteiger partial charge in [0.15, 0.2) is 0 Å². The Morgan fingerprint density at radius 2 is 1.58 bits per heavy atom. The van der Waals surface area contributed by atoms with E-state index >= 15 is 0 Å². The Morgan fingerprint density at radius 1 is 0.923 bits per heavy atom. The van der Waals surface area contributed by atoms with E-state index in [0.29, 0.717) is 5.69 Å². The average molecular weight is 386 g/mol. The quantitative estimate of drug-likeness (QED) is 0.654. The minimum atomic E-state index is -3.77. The molecule has 0 unspecified atom stereocenters. The van der Waals surface area contributed by atoms with E-state index in [1.54, 1.807) is 35.7 Å². The molecule has 5 nitrogen and oxygen atoms in total. The molecule has 0 saturated heterocycles. The Hall–Kier alpha value is -2.48. The highest BCUT2D eigenvalue weighted by Crippen LogP contribution is 2.17. The largest absolute Gasteiger partial charge is 0.325 e. The molecule has 0 bridgehead atoms. The molecule has 3 aromatic rings. The monoisotopic (exact) mass is 386 g/mol. The van der Waals surface area contributed by atoms with Crippen LogP contribution in [0.1, 0.15) is 5.56 Å². The molecule has 0 aliphatic rings. The standard InChI is InChI=1S/C19H18N2O3S2/c22-19(20-16-10-5-2-6-11-16)17(14-15-8-3-1-4-9-15)21-26(23,24)18-12-7-13-25-18/h1-13,17,21H,14H2,(H,20,22)/t17-/m0/s1. The molecule has 0 fully saturated rings. The molecule has 3 rings (SSSR count). The number of nitrogens with one attached hydrogen (secondary N) is 2. The molecule has 0 aliphatic heterocycles. The van der Waals surface area contributed by atoms with Crippen molar-refractivity contribution in [2.24, 2.45) is 0 Å². The molecule has 2 N–H and O–H groups in total. The molecule has 0 aliphatic carbocycles. The molecular formula is C19H18N2O3S2. The minimum absolute atomic E-state index is 0.183. The third-order valence-corrected chi connectivity index (χ3v) is 6.57. The summed E-state index contributed by atoms with van der Waals surface area (Å²) in [5.41, 5.74) is 1.49. The van der Waals surface area contributed by atoms with Crippen molar-refractivity contribution in [1.29, 1.82) is 0 Å². The van der Waals surface area contributed by atoms with Gasteiger partial charge in [-0.3, -0.25) is 4.79 Å². The fourth-order valence-electron chi connectivity index (χ4n) is 2.45. The van der Waals surface area contributed by atoms with E-state index in [2.05, 4.69) is 10.0 Å². The van der Waals surface area contributed by atoms with Crippen LogP contribution in [0.3, 0.4) is 0 Å². The van der Waals surface area contributed by atoms with Gasteiger partial charge in [0, 0.05) is 5.69 Å². The van der Waals surface area contributed by atoms with Crippen molar-refractivity contribution in [1.82, 2.24) is 4.72 Å². The predicted molar refractivity (Wildman–Crippen MR) is 104 cm³/mol. The first kappa shape index (κ1) is 18.3. The topological polar surface area (TPSA) is 75.3 Å². The Kier molecular flexibility index (Phi) is 5.82. The normalized spacial score (nSPS) is 12.5. The van der Waals surface area contributed by atoms with Crippen molar-refractivity contribution in [2.75, 3.05) is 5.32 Å². The summed E-state index contributed by atoms with van der Waals surface area (Å²) in [4.78, 5) is 12.7. The first-order valence-corrected chi connectivity index (χ1v) is 10.4. The van der Waals surface area contributed by atoms with Crippen molar-refractivity contribution in [3.05, 3.63) is 83.7 Å². The fraction of sp³-hybridized carbons (Fsp3) is 0.105. The Morgan fingerprint density at radius 3 is 2.19 bits per heavy atom. The molecule has 1 amide bonds. The summed E-state index contributed by atoms with van der Waals surface area (Å²) < 4.78 is 27.9. The lowest BCUT2D eigenvalue weighted by Gasteiger charge is -2.18. The van der Waals surface area contributed by atoms with Crippen LogP contribution in [-0.2, 0) is 21.2 Å². The van der Waals surface area contributed by atoms with Crippen LogP contribution in [0.15, 0.2) is 82.4 Å². The van der Waals surface area contributed by atoms with E-state index < -0.39 is 22.0 Å². The van der Waals surface area contributed by atoms with E-state index in [9.17, 15) is 13.2 Å². The van der Waals surface area contributed by atoms with Crippen LogP contribution in [-0.4, -0.2) is 20.4 Å². The van der Waals surface area contributed by atoms with Gasteiger partial charge in [0.25, 0.3) is 10.0 Å². The minimum Gasteiger partial charge on any atom is -0.325 e. The van der Waals surface area contributed by atoms with Crippen LogP contribution in [0.2, 0.25) is 0 Å². The van der Waals surface area contributed by atoms with Gasteiger partial charge >= 0.3 is 0 Å². The maximum Gasteiger partial charge on any atom is 0.250 e. The number of carbonyl (C=O) groups excluding carboxylic acids is 1. The van der Waals surface area contributed by atoms with Gasteiger partial charge in [0.1, 0.15) is 10.3 Å². The van der Waals surface area contributed by atoms with Gasteiger partial charge in [0.05, 0.1) is 0 Å². The summed E-state index contributed by atoms with van der Waals surface area (Å²) in [6.45, 7) is 0. The number of sulfonamides is 1. The summed E-state index contributed by atoms with van der Waals surface area (Å²) in [5.74, 6) is -0.403. The molecule has 134 valence electrons. The lowest BCUT2D eigenvalue weighted by atomic mass is 10.1. The lowest BCUT2D eigenvalue weighted by molar-refractivity contribution is -0.117. The number of para-hydroxylation sites is 1. The smallest absolute Gasteiger partial charge is 0.250 e. The number of hydrogen-bond acceptors (Lipinski definition) is 4. The zero-order valence-electron chi connectivity index (χ0n) is 13.8. The number of amides is 1. The van der Waals surface area contributed by atoms with Gasteiger partial charge in [-0.2, -0.15) is 4.72 Å². The van der Waals surface area contributed by atoms with Crippen molar-refractivity contribution in [2.45, 2.75) is 16.7 Å². The molecule has 1 aromatic heterocycles. The van der Waals surface area contributed by atoms with Gasteiger partial charge in [-0.15, -0.1) is 11.3 Å². The van der Waals surface area contributed by atoms with E-state index in [1.807, 2.05) is 36.4 Å². The van der Waals surface area contributed by atoms with Crippen molar-refractivity contribution in [3.8, 4) is 0 Å². The van der Waals surface area contributed by atoms with Crippen molar-refractivity contribution in [3.63, 3.8) is 0 Å². The van der Waals surface area contributed by atoms with Crippen LogP contribution >= 0.6 is 11.3 Å². The van der Waals surface area contributed by atoms with Crippen LogP contribution in [0.25, 0.3) is 0 Å². The third-order valence-electron chi connectivity index (χ3n) is 3.70. The van der Waals surface area contributed by atoms with Gasteiger partial charge in [-0.1, -0.05) is 54.6 Å². The fourth-order valence-corrected chi connectivity index (χ4v) is 4.66. The molecule has 7 heteroatoms. The molecule has 1 heterocycles. The van der Waals surface area contributed by atoms with E-state index in [1.165, 1.54) is 6.07 Å². The van der Waals surface area contributed by atoms with E-state index in [4.69, 9.17) is 0 Å². The first-order valence-electron chi connectivity index (χ1n) is 8.00. The van der Waals surface area contributed by atoms with Gasteiger partial charge in [0.2, 0.25) is 5.91 Å². The predicted octanol–water partition coefficient (Wildman–Crippen LogP) is 3.28. The van der Waals surface area contributed by atoms with Crippen LogP contribution in [0, 0.1) is 0 Å². The SMILES string of the molecule is O=C(Nc1ccccc1)[C@H](Cc1ccccc1)NS(=O)(=O)c1cccs1. The molecular weight excluding hydrogens is 368 g/mol. The maximum absolute atomic E-state index is 12.7. The van der Waals surface area contributed by atoms with Crippen molar-refractivity contribution >= 4 is 33.0 Å². The molecule has 0 radical (unpaired) electrons. The molecule has 1 atom stereocenters. The summed E-state index contributed by atoms with van der Waals surface area (Å²) >= 11 is 1.11. The Bertz CT molecular complexity index is 941. The number of carbonyl (C=O) groups is 1. The average Bonchev–Trinajstić information content (AvgIpc) is 3.18. The van der Waals surface area contributed by atoms with Gasteiger partial charge in [-0.25, -0.2) is 8.42 Å². The molecule has 2 aromatic carbocycles. The zero-order valence-corrected chi connectivity index (χ0v) is 15.5. The highest BCUT2D eigenvalue weighted by Gasteiger charge is 2.26. The van der Waals surface area contributed by atoms with Gasteiger partial charge in [-0.05, 0) is 35.6 Å². The van der Waals surface area contributed by atoms with E-state index in [-0.39, 0.29) is 10.6 Å². The van der Waals surface area contributed by atoms with Crippen LogP contribution < -0.4 is 10.0 Å². The van der Waals surface area contributed by atoms with Gasteiger partial charge < -0.3 is 5.32 Å². The highest BCUT2D eigenvalue weighted by atomic mass is 32.2. The maximum atomic E-state index is 12.7.